The molecule has 0 amide bonds. The van der Waals surface area contributed by atoms with Crippen LogP contribution in [-0.2, 0) is 9.53 Å². The molecule has 0 fully saturated rings. The number of esters is 1. The van der Waals surface area contributed by atoms with Gasteiger partial charge in [-0.2, -0.15) is 13.2 Å². The normalized spacial score (nSPS) is 15.3. The van der Waals surface area contributed by atoms with Gasteiger partial charge >= 0.3 is 12.1 Å². The van der Waals surface area contributed by atoms with Gasteiger partial charge in [-0.1, -0.05) is 48.2 Å². The van der Waals surface area contributed by atoms with E-state index in [9.17, 15) is 18.0 Å². The fraction of sp³-hybridized carbons (Fsp3) is 0.211. The molecule has 4 N–H and O–H groups in total. The summed E-state index contributed by atoms with van der Waals surface area (Å²) in [5.41, 5.74) is 13.3. The van der Waals surface area contributed by atoms with Gasteiger partial charge in [-0.3, -0.25) is 5.73 Å². The Labute approximate surface area is 157 Å². The maximum absolute atomic E-state index is 12.3. The number of ether oxygens (including phenoxy) is 1. The number of hydrogen-bond acceptors (Lipinski definition) is 5. The quantitative estimate of drug-likeness (QED) is 0.614. The van der Waals surface area contributed by atoms with Crippen LogP contribution < -0.4 is 21.9 Å². The van der Waals surface area contributed by atoms with Gasteiger partial charge in [0.15, 0.2) is 6.23 Å². The van der Waals surface area contributed by atoms with E-state index in [4.69, 9.17) is 11.5 Å². The number of hydrogen-bond donors (Lipinski definition) is 2. The van der Waals surface area contributed by atoms with E-state index in [1.54, 1.807) is 6.07 Å². The molecule has 0 bridgehead atoms. The topological polar surface area (TPSA) is 78.3 Å². The molecule has 0 saturated heterocycles. The van der Waals surface area contributed by atoms with Crippen molar-refractivity contribution in [3.8, 4) is 0 Å². The summed E-state index contributed by atoms with van der Waals surface area (Å²) in [7, 11) is 0. The summed E-state index contributed by atoms with van der Waals surface area (Å²) >= 11 is 1.54. The standard InChI is InChI=1S/C19H17F3N2O2S/c20-19(21,22)18(25)26-17(24)9-15(23)13-6-3-7-16-14(13)8-11-4-1-2-5-12(11)10-27-16/h1-8,10,15,17H,9,23-24H2. The fourth-order valence-corrected chi connectivity index (χ4v) is 3.73. The molecule has 0 aromatic heterocycles. The Balaban J connectivity index is 1.87. The van der Waals surface area contributed by atoms with Gasteiger partial charge in [0.1, 0.15) is 0 Å². The Morgan fingerprint density at radius 3 is 2.48 bits per heavy atom. The first-order valence-electron chi connectivity index (χ1n) is 8.11. The number of carbonyl (C=O) groups is 1. The zero-order valence-electron chi connectivity index (χ0n) is 14.1. The molecule has 1 aliphatic rings. The summed E-state index contributed by atoms with van der Waals surface area (Å²) in [6.07, 6.45) is -4.69. The van der Waals surface area contributed by atoms with Gasteiger partial charge in [0.25, 0.3) is 0 Å². The van der Waals surface area contributed by atoms with Gasteiger partial charge < -0.3 is 10.5 Å². The lowest BCUT2D eigenvalue weighted by atomic mass is 9.97. The Morgan fingerprint density at radius 2 is 1.78 bits per heavy atom. The van der Waals surface area contributed by atoms with Crippen LogP contribution in [0, 0.1) is 0 Å². The van der Waals surface area contributed by atoms with Crippen LogP contribution in [0.3, 0.4) is 0 Å². The van der Waals surface area contributed by atoms with Crippen molar-refractivity contribution in [2.45, 2.75) is 29.8 Å². The smallest absolute Gasteiger partial charge is 0.440 e. The fourth-order valence-electron chi connectivity index (χ4n) is 2.80. The van der Waals surface area contributed by atoms with Crippen LogP contribution in [0.15, 0.2) is 47.4 Å². The molecular weight excluding hydrogens is 377 g/mol. The lowest BCUT2D eigenvalue weighted by Crippen LogP contribution is -2.36. The van der Waals surface area contributed by atoms with Crippen LogP contribution in [0.2, 0.25) is 0 Å². The molecule has 4 nitrogen and oxygen atoms in total. The Kier molecular flexibility index (Phi) is 5.59. The molecular formula is C19H17F3N2O2S. The summed E-state index contributed by atoms with van der Waals surface area (Å²) in [6.45, 7) is 0. The zero-order valence-corrected chi connectivity index (χ0v) is 14.9. The average Bonchev–Trinajstić information content (AvgIpc) is 2.79. The lowest BCUT2D eigenvalue weighted by Gasteiger charge is -2.21. The van der Waals surface area contributed by atoms with E-state index in [2.05, 4.69) is 4.74 Å². The number of benzene rings is 2. The van der Waals surface area contributed by atoms with Gasteiger partial charge in [-0.25, -0.2) is 4.79 Å². The second-order valence-electron chi connectivity index (χ2n) is 6.05. The first-order chi connectivity index (χ1) is 12.8. The predicted octanol–water partition coefficient (Wildman–Crippen LogP) is 2.14. The van der Waals surface area contributed by atoms with Gasteiger partial charge in [-0.15, -0.1) is 0 Å². The largest absolute Gasteiger partial charge is 0.490 e. The predicted molar refractivity (Wildman–Crippen MR) is 97.7 cm³/mol. The number of halogens is 3. The van der Waals surface area contributed by atoms with Crippen LogP contribution in [-0.4, -0.2) is 18.4 Å². The Morgan fingerprint density at radius 1 is 1.07 bits per heavy atom. The molecule has 2 atom stereocenters. The molecule has 2 aromatic rings. The molecule has 1 heterocycles. The summed E-state index contributed by atoms with van der Waals surface area (Å²) in [4.78, 5) is 11.9. The lowest BCUT2D eigenvalue weighted by molar-refractivity contribution is -0.205. The maximum Gasteiger partial charge on any atom is 0.490 e. The van der Waals surface area contributed by atoms with Crippen molar-refractivity contribution in [1.82, 2.24) is 0 Å². The number of rotatable bonds is 4. The van der Waals surface area contributed by atoms with E-state index >= 15 is 0 Å². The highest BCUT2D eigenvalue weighted by Gasteiger charge is 2.42. The first-order valence-corrected chi connectivity index (χ1v) is 8.99. The van der Waals surface area contributed by atoms with Crippen molar-refractivity contribution in [2.24, 2.45) is 11.5 Å². The van der Waals surface area contributed by atoms with E-state index in [1.165, 1.54) is 11.8 Å². The summed E-state index contributed by atoms with van der Waals surface area (Å²) in [6, 6.07) is 12.7. The van der Waals surface area contributed by atoms with Gasteiger partial charge in [0.2, 0.25) is 0 Å². The molecule has 8 heteroatoms. The van der Waals surface area contributed by atoms with Crippen molar-refractivity contribution in [3.05, 3.63) is 64.0 Å². The highest BCUT2D eigenvalue weighted by molar-refractivity contribution is 8.06. The van der Waals surface area contributed by atoms with Gasteiger partial charge in [-0.05, 0) is 39.1 Å². The summed E-state index contributed by atoms with van der Waals surface area (Å²) in [5.74, 6) is -2.32. The van der Waals surface area contributed by atoms with Crippen LogP contribution in [0.4, 0.5) is 13.2 Å². The van der Waals surface area contributed by atoms with Crippen LogP contribution >= 0.6 is 11.8 Å². The van der Waals surface area contributed by atoms with Crippen molar-refractivity contribution in [3.63, 3.8) is 0 Å². The van der Waals surface area contributed by atoms with E-state index < -0.39 is 24.4 Å². The number of carbonyl (C=O) groups excluding carboxylic acids is 1. The van der Waals surface area contributed by atoms with Crippen molar-refractivity contribution >= 4 is 29.2 Å². The minimum absolute atomic E-state index is 0.137. The highest BCUT2D eigenvalue weighted by Crippen LogP contribution is 2.32. The van der Waals surface area contributed by atoms with Gasteiger partial charge in [0, 0.05) is 17.4 Å². The molecule has 0 spiro atoms. The molecule has 0 radical (unpaired) electrons. The molecule has 27 heavy (non-hydrogen) atoms. The molecule has 1 aliphatic heterocycles. The zero-order chi connectivity index (χ0) is 19.6. The second kappa shape index (κ2) is 7.75. The monoisotopic (exact) mass is 394 g/mol. The molecule has 142 valence electrons. The highest BCUT2D eigenvalue weighted by atomic mass is 32.2. The molecule has 3 rings (SSSR count). The van der Waals surface area contributed by atoms with Crippen LogP contribution in [0.25, 0.3) is 11.5 Å². The number of thioether (sulfide) groups is 1. The molecule has 0 aliphatic carbocycles. The first kappa shape index (κ1) is 19.5. The van der Waals surface area contributed by atoms with E-state index in [0.717, 1.165) is 26.5 Å². The SMILES string of the molecule is NC(CC(N)c1cccc2c1C=c1ccccc1=CS2)OC(=O)C(F)(F)F. The maximum atomic E-state index is 12.3. The van der Waals surface area contributed by atoms with Crippen LogP contribution in [0.5, 0.6) is 0 Å². The minimum atomic E-state index is -5.09. The van der Waals surface area contributed by atoms with E-state index in [1.807, 2.05) is 47.9 Å². The number of alkyl halides is 3. The number of fused-ring (bicyclic) bond motifs is 2. The van der Waals surface area contributed by atoms with Crippen molar-refractivity contribution in [1.29, 1.82) is 0 Å². The minimum Gasteiger partial charge on any atom is -0.440 e. The van der Waals surface area contributed by atoms with E-state index in [0.29, 0.717) is 0 Å². The summed E-state index contributed by atoms with van der Waals surface area (Å²) < 4.78 is 41.2. The third-order valence-electron chi connectivity index (χ3n) is 4.08. The third-order valence-corrected chi connectivity index (χ3v) is 5.07. The van der Waals surface area contributed by atoms with Crippen LogP contribution in [0.1, 0.15) is 23.6 Å². The summed E-state index contributed by atoms with van der Waals surface area (Å²) in [5, 5.41) is 4.11. The number of nitrogens with two attached hydrogens (primary N) is 2. The van der Waals surface area contributed by atoms with Crippen molar-refractivity contribution in [2.75, 3.05) is 0 Å². The molecule has 0 saturated carbocycles. The Hall–Kier alpha value is -2.29. The average molecular weight is 394 g/mol. The van der Waals surface area contributed by atoms with Crippen molar-refractivity contribution < 1.29 is 22.7 Å². The third kappa shape index (κ3) is 4.52. The molecule has 2 aromatic carbocycles. The Bertz CT molecular complexity index is 976. The van der Waals surface area contributed by atoms with E-state index in [-0.39, 0.29) is 6.42 Å². The van der Waals surface area contributed by atoms with Gasteiger partial charge in [0.05, 0.1) is 0 Å². The molecule has 2 unspecified atom stereocenters. The second-order valence-corrected chi connectivity index (χ2v) is 6.96.